The van der Waals surface area contributed by atoms with E-state index in [2.05, 4.69) is 15.6 Å². The first kappa shape index (κ1) is 20.5. The number of benzene rings is 1. The minimum atomic E-state index is -1.09. The van der Waals surface area contributed by atoms with Gasteiger partial charge in [0.25, 0.3) is 0 Å². The molecule has 4 rings (SSSR count). The van der Waals surface area contributed by atoms with Gasteiger partial charge in [0, 0.05) is 32.4 Å². The number of hydrogen-bond donors (Lipinski definition) is 2. The third-order valence-corrected chi connectivity index (χ3v) is 5.71. The van der Waals surface area contributed by atoms with Gasteiger partial charge in [0.1, 0.15) is 5.41 Å². The van der Waals surface area contributed by atoms with Crippen molar-refractivity contribution in [2.24, 2.45) is 5.41 Å². The molecule has 7 heteroatoms. The quantitative estimate of drug-likeness (QED) is 0.688. The second-order valence-electron chi connectivity index (χ2n) is 8.48. The molecule has 0 atom stereocenters. The van der Waals surface area contributed by atoms with E-state index in [0.29, 0.717) is 25.4 Å². The molecule has 158 valence electrons. The van der Waals surface area contributed by atoms with Crippen LogP contribution in [0.2, 0.25) is 0 Å². The van der Waals surface area contributed by atoms with Gasteiger partial charge < -0.3 is 20.3 Å². The molecule has 30 heavy (non-hydrogen) atoms. The van der Waals surface area contributed by atoms with Gasteiger partial charge in [0.2, 0.25) is 11.8 Å². The molecule has 0 unspecified atom stereocenters. The highest BCUT2D eigenvalue weighted by Crippen LogP contribution is 2.42. The fourth-order valence-corrected chi connectivity index (χ4v) is 3.73. The van der Waals surface area contributed by atoms with Crippen molar-refractivity contribution in [3.8, 4) is 0 Å². The SMILES string of the molecule is COCc1ncccc1CNCc1ccc2c(c1)NC(=O)C(C)(C)C(=O)N2C1CC1. The first-order chi connectivity index (χ1) is 14.4. The maximum atomic E-state index is 13.1. The predicted octanol–water partition coefficient (Wildman–Crippen LogP) is 2.99. The van der Waals surface area contributed by atoms with Crippen LogP contribution in [-0.4, -0.2) is 29.9 Å². The van der Waals surface area contributed by atoms with E-state index in [1.807, 2.05) is 35.2 Å². The van der Waals surface area contributed by atoms with Gasteiger partial charge >= 0.3 is 0 Å². The zero-order chi connectivity index (χ0) is 21.3. The molecule has 2 aliphatic rings. The zero-order valence-electron chi connectivity index (χ0n) is 17.7. The molecule has 1 aromatic heterocycles. The Morgan fingerprint density at radius 1 is 1.23 bits per heavy atom. The van der Waals surface area contributed by atoms with Crippen LogP contribution in [0.4, 0.5) is 11.4 Å². The molecule has 1 aliphatic carbocycles. The van der Waals surface area contributed by atoms with Gasteiger partial charge in [-0.1, -0.05) is 12.1 Å². The Morgan fingerprint density at radius 2 is 2.03 bits per heavy atom. The van der Waals surface area contributed by atoms with Crippen LogP contribution in [0.1, 0.15) is 43.5 Å². The molecule has 1 fully saturated rings. The van der Waals surface area contributed by atoms with Gasteiger partial charge in [0.15, 0.2) is 0 Å². The van der Waals surface area contributed by atoms with Crippen molar-refractivity contribution in [3.05, 3.63) is 53.3 Å². The van der Waals surface area contributed by atoms with Gasteiger partial charge in [0.05, 0.1) is 23.7 Å². The largest absolute Gasteiger partial charge is 0.378 e. The summed E-state index contributed by atoms with van der Waals surface area (Å²) in [5.41, 5.74) is 3.45. The van der Waals surface area contributed by atoms with Gasteiger partial charge in [-0.2, -0.15) is 0 Å². The summed E-state index contributed by atoms with van der Waals surface area (Å²) in [6, 6.07) is 10.1. The summed E-state index contributed by atoms with van der Waals surface area (Å²) in [5.74, 6) is -0.393. The van der Waals surface area contributed by atoms with E-state index in [4.69, 9.17) is 4.74 Å². The van der Waals surface area contributed by atoms with Gasteiger partial charge in [-0.15, -0.1) is 0 Å². The molecule has 1 aromatic carbocycles. The number of carbonyl (C=O) groups excluding carboxylic acids is 2. The number of rotatable bonds is 7. The lowest BCUT2D eigenvalue weighted by atomic mass is 9.90. The Balaban J connectivity index is 1.52. The molecule has 1 aliphatic heterocycles. The molecule has 0 bridgehead atoms. The van der Waals surface area contributed by atoms with Crippen LogP contribution >= 0.6 is 0 Å². The van der Waals surface area contributed by atoms with E-state index in [-0.39, 0.29) is 17.9 Å². The third kappa shape index (κ3) is 3.95. The van der Waals surface area contributed by atoms with Crippen LogP contribution in [0.25, 0.3) is 0 Å². The summed E-state index contributed by atoms with van der Waals surface area (Å²) in [6.07, 6.45) is 3.72. The fraction of sp³-hybridized carbons (Fsp3) is 0.435. The average Bonchev–Trinajstić information content (AvgIpc) is 3.56. The van der Waals surface area contributed by atoms with Crippen LogP contribution in [-0.2, 0) is 34.0 Å². The first-order valence-corrected chi connectivity index (χ1v) is 10.3. The van der Waals surface area contributed by atoms with Crippen molar-refractivity contribution in [2.45, 2.75) is 52.4 Å². The number of fused-ring (bicyclic) bond motifs is 1. The minimum absolute atomic E-state index is 0.130. The second-order valence-corrected chi connectivity index (χ2v) is 8.48. The number of methoxy groups -OCH3 is 1. The van der Waals surface area contributed by atoms with E-state index >= 15 is 0 Å². The number of anilines is 2. The van der Waals surface area contributed by atoms with Crippen molar-refractivity contribution in [1.29, 1.82) is 0 Å². The fourth-order valence-electron chi connectivity index (χ4n) is 3.73. The van der Waals surface area contributed by atoms with Crippen LogP contribution in [0, 0.1) is 5.41 Å². The molecule has 0 saturated heterocycles. The summed E-state index contributed by atoms with van der Waals surface area (Å²) >= 11 is 0. The Morgan fingerprint density at radius 3 is 2.77 bits per heavy atom. The first-order valence-electron chi connectivity index (χ1n) is 10.3. The van der Waals surface area contributed by atoms with E-state index in [1.165, 1.54) is 0 Å². The van der Waals surface area contributed by atoms with E-state index in [9.17, 15) is 9.59 Å². The van der Waals surface area contributed by atoms with Gasteiger partial charge in [-0.05, 0) is 56.0 Å². The topological polar surface area (TPSA) is 83.6 Å². The standard InChI is InChI=1S/C23H28N4O3/c1-23(2)21(28)26-18-11-15(6-9-20(18)27(22(23)29)17-7-8-17)12-24-13-16-5-4-10-25-19(16)14-30-3/h4-6,9-11,17,24H,7-8,12-14H2,1-3H3,(H,26,28). The van der Waals surface area contributed by atoms with Crippen molar-refractivity contribution >= 4 is 23.2 Å². The molecule has 2 heterocycles. The number of pyridine rings is 1. The van der Waals surface area contributed by atoms with Crippen LogP contribution in [0.15, 0.2) is 36.5 Å². The lowest BCUT2D eigenvalue weighted by Crippen LogP contribution is -2.46. The third-order valence-electron chi connectivity index (χ3n) is 5.71. The summed E-state index contributed by atoms with van der Waals surface area (Å²) < 4.78 is 5.21. The highest BCUT2D eigenvalue weighted by atomic mass is 16.5. The Kier molecular flexibility index (Phi) is 5.58. The number of amides is 2. The summed E-state index contributed by atoms with van der Waals surface area (Å²) in [7, 11) is 1.66. The van der Waals surface area contributed by atoms with Gasteiger partial charge in [-0.25, -0.2) is 0 Å². The molecule has 0 radical (unpaired) electrons. The average molecular weight is 409 g/mol. The van der Waals surface area contributed by atoms with Crippen LogP contribution in [0.5, 0.6) is 0 Å². The molecule has 2 amide bonds. The number of nitrogens with one attached hydrogen (secondary N) is 2. The van der Waals surface area contributed by atoms with Crippen molar-refractivity contribution < 1.29 is 14.3 Å². The molecule has 2 aromatic rings. The van der Waals surface area contributed by atoms with E-state index in [0.717, 1.165) is 35.3 Å². The molecule has 1 saturated carbocycles. The van der Waals surface area contributed by atoms with E-state index in [1.54, 1.807) is 27.2 Å². The summed E-state index contributed by atoms with van der Waals surface area (Å²) in [4.78, 5) is 32.0. The lowest BCUT2D eigenvalue weighted by molar-refractivity contribution is -0.136. The minimum Gasteiger partial charge on any atom is -0.378 e. The van der Waals surface area contributed by atoms with Crippen molar-refractivity contribution in [3.63, 3.8) is 0 Å². The normalized spacial score (nSPS) is 18.0. The van der Waals surface area contributed by atoms with E-state index < -0.39 is 5.41 Å². The zero-order valence-corrected chi connectivity index (χ0v) is 17.7. The smallest absolute Gasteiger partial charge is 0.242 e. The monoisotopic (exact) mass is 408 g/mol. The number of aromatic nitrogens is 1. The maximum absolute atomic E-state index is 13.1. The number of hydrogen-bond acceptors (Lipinski definition) is 5. The Hall–Kier alpha value is -2.77. The second kappa shape index (κ2) is 8.16. The number of nitrogens with zero attached hydrogens (tertiary/aromatic N) is 2. The molecular formula is C23H28N4O3. The van der Waals surface area contributed by atoms with Crippen molar-refractivity contribution in [1.82, 2.24) is 10.3 Å². The number of ether oxygens (including phenoxy) is 1. The summed E-state index contributed by atoms with van der Waals surface area (Å²) in [5, 5.41) is 6.41. The highest BCUT2D eigenvalue weighted by molar-refractivity contribution is 6.19. The Bertz CT molecular complexity index is 969. The van der Waals surface area contributed by atoms with Crippen molar-refractivity contribution in [2.75, 3.05) is 17.3 Å². The molecule has 7 nitrogen and oxygen atoms in total. The summed E-state index contributed by atoms with van der Waals surface area (Å²) in [6.45, 7) is 5.16. The Labute approximate surface area is 176 Å². The van der Waals surface area contributed by atoms with Gasteiger partial charge in [-0.3, -0.25) is 14.6 Å². The molecule has 0 spiro atoms. The molecular weight excluding hydrogens is 380 g/mol. The van der Waals surface area contributed by atoms with Crippen LogP contribution < -0.4 is 15.5 Å². The number of carbonyl (C=O) groups is 2. The van der Waals surface area contributed by atoms with Crippen LogP contribution in [0.3, 0.4) is 0 Å². The maximum Gasteiger partial charge on any atom is 0.242 e. The predicted molar refractivity (Wildman–Crippen MR) is 115 cm³/mol. The molecule has 2 N–H and O–H groups in total. The lowest BCUT2D eigenvalue weighted by Gasteiger charge is -2.27. The highest BCUT2D eigenvalue weighted by Gasteiger charge is 2.47.